The summed E-state index contributed by atoms with van der Waals surface area (Å²) in [4.78, 5) is 7.95. The molecule has 7 heteroatoms. The van der Waals surface area contributed by atoms with Crippen molar-refractivity contribution >= 4 is 33.8 Å². The van der Waals surface area contributed by atoms with E-state index in [2.05, 4.69) is 27.1 Å². The Morgan fingerprint density at radius 1 is 1.32 bits per heavy atom. The van der Waals surface area contributed by atoms with E-state index in [4.69, 9.17) is 9.47 Å². The number of aromatic nitrogens is 4. The molecule has 1 aromatic carbocycles. The third kappa shape index (κ3) is 3.78. The highest BCUT2D eigenvalue weighted by molar-refractivity contribution is 7.99. The van der Waals surface area contributed by atoms with Crippen LogP contribution >= 0.6 is 11.8 Å². The number of fused-ring (bicyclic) bond motifs is 3. The van der Waals surface area contributed by atoms with Gasteiger partial charge in [-0.25, -0.2) is 4.98 Å². The molecule has 0 radical (unpaired) electrons. The minimum atomic E-state index is -0.109. The van der Waals surface area contributed by atoms with Crippen molar-refractivity contribution in [2.75, 3.05) is 6.61 Å². The van der Waals surface area contributed by atoms with Crippen molar-refractivity contribution < 1.29 is 9.47 Å². The molecule has 2 unspecified atom stereocenters. The summed E-state index contributed by atoms with van der Waals surface area (Å²) in [5, 5.41) is 10.4. The van der Waals surface area contributed by atoms with Crippen LogP contribution in [0.2, 0.25) is 0 Å². The lowest BCUT2D eigenvalue weighted by atomic mass is 10.2. The van der Waals surface area contributed by atoms with E-state index in [-0.39, 0.29) is 11.7 Å². The summed E-state index contributed by atoms with van der Waals surface area (Å²) in [5.74, 6) is 0. The molecule has 3 aromatic rings. The molecule has 2 atom stereocenters. The summed E-state index contributed by atoms with van der Waals surface area (Å²) in [6, 6.07) is 8.04. The molecule has 1 fully saturated rings. The van der Waals surface area contributed by atoms with Crippen molar-refractivity contribution in [1.82, 2.24) is 20.2 Å². The third-order valence-corrected chi connectivity index (χ3v) is 5.30. The number of H-pyrrole nitrogens is 1. The molecule has 1 N–H and O–H groups in total. The predicted molar refractivity (Wildman–Crippen MR) is 98.4 cm³/mol. The fourth-order valence-electron chi connectivity index (χ4n) is 3.05. The second-order valence-electron chi connectivity index (χ2n) is 6.23. The van der Waals surface area contributed by atoms with Crippen molar-refractivity contribution in [3.63, 3.8) is 0 Å². The van der Waals surface area contributed by atoms with Crippen LogP contribution in [0.3, 0.4) is 0 Å². The van der Waals surface area contributed by atoms with E-state index < -0.39 is 0 Å². The second-order valence-corrected chi connectivity index (χ2v) is 7.36. The van der Waals surface area contributed by atoms with Crippen LogP contribution in [0.25, 0.3) is 22.1 Å². The molecule has 0 aliphatic carbocycles. The number of benzene rings is 1. The summed E-state index contributed by atoms with van der Waals surface area (Å²) in [5.41, 5.74) is 2.58. The number of ether oxygens (including phenoxy) is 2. The molecule has 3 heterocycles. The van der Waals surface area contributed by atoms with Gasteiger partial charge in [-0.1, -0.05) is 43.3 Å². The number of nitrogens with one attached hydrogen (secondary N) is 1. The van der Waals surface area contributed by atoms with Crippen LogP contribution < -0.4 is 0 Å². The zero-order valence-electron chi connectivity index (χ0n) is 14.3. The van der Waals surface area contributed by atoms with Gasteiger partial charge in [0, 0.05) is 17.5 Å². The SMILES string of the molecule is CCCC(OC1CCCCO1)Sc1nnc2c(n1)[nH]c1ccccc12. The Hall–Kier alpha value is -1.70. The first-order valence-corrected chi connectivity index (χ1v) is 9.76. The highest BCUT2D eigenvalue weighted by Gasteiger charge is 2.21. The largest absolute Gasteiger partial charge is 0.353 e. The standard InChI is InChI=1S/C18H22N4O2S/c1-2-7-15(24-14-10-5-6-11-23-14)25-18-20-17-16(21-22-18)12-8-3-4-9-13(12)19-17/h3-4,8-9,14-15H,2,5-7,10-11H2,1H3,(H,19,20,22). The van der Waals surface area contributed by atoms with Crippen LogP contribution in [0.1, 0.15) is 39.0 Å². The molecule has 0 saturated carbocycles. The number of thioether (sulfide) groups is 1. The minimum Gasteiger partial charge on any atom is -0.353 e. The van der Waals surface area contributed by atoms with E-state index in [0.717, 1.165) is 60.8 Å². The molecule has 6 nitrogen and oxygen atoms in total. The molecule has 2 aromatic heterocycles. The minimum absolute atomic E-state index is 0.0169. The van der Waals surface area contributed by atoms with E-state index >= 15 is 0 Å². The first-order chi connectivity index (χ1) is 12.3. The van der Waals surface area contributed by atoms with Gasteiger partial charge in [-0.05, 0) is 31.7 Å². The van der Waals surface area contributed by atoms with Crippen LogP contribution in [0.4, 0.5) is 0 Å². The van der Waals surface area contributed by atoms with Gasteiger partial charge >= 0.3 is 0 Å². The Morgan fingerprint density at radius 3 is 3.08 bits per heavy atom. The molecule has 4 rings (SSSR count). The summed E-state index contributed by atoms with van der Waals surface area (Å²) in [6.07, 6.45) is 5.09. The molecule has 1 aliphatic rings. The fourth-order valence-corrected chi connectivity index (χ4v) is 4.05. The van der Waals surface area contributed by atoms with E-state index in [9.17, 15) is 0 Å². The maximum absolute atomic E-state index is 6.13. The lowest BCUT2D eigenvalue weighted by Crippen LogP contribution is -2.26. The molecule has 25 heavy (non-hydrogen) atoms. The number of para-hydroxylation sites is 1. The Bertz CT molecular complexity index is 847. The summed E-state index contributed by atoms with van der Waals surface area (Å²) in [6.45, 7) is 2.94. The number of rotatable bonds is 6. The monoisotopic (exact) mass is 358 g/mol. The first kappa shape index (κ1) is 16.8. The molecule has 0 bridgehead atoms. The average Bonchev–Trinajstić information content (AvgIpc) is 3.00. The van der Waals surface area contributed by atoms with Gasteiger partial charge in [0.1, 0.15) is 11.0 Å². The van der Waals surface area contributed by atoms with E-state index in [1.165, 1.54) is 11.8 Å². The van der Waals surface area contributed by atoms with Gasteiger partial charge in [-0.2, -0.15) is 0 Å². The average molecular weight is 358 g/mol. The van der Waals surface area contributed by atoms with Gasteiger partial charge in [0.25, 0.3) is 0 Å². The van der Waals surface area contributed by atoms with E-state index in [1.54, 1.807) is 0 Å². The van der Waals surface area contributed by atoms with Crippen molar-refractivity contribution in [3.05, 3.63) is 24.3 Å². The van der Waals surface area contributed by atoms with Crippen molar-refractivity contribution in [1.29, 1.82) is 0 Å². The van der Waals surface area contributed by atoms with Crippen LogP contribution in [0.15, 0.2) is 29.4 Å². The van der Waals surface area contributed by atoms with Gasteiger partial charge in [0.2, 0.25) is 5.16 Å². The van der Waals surface area contributed by atoms with E-state index in [0.29, 0.717) is 5.16 Å². The van der Waals surface area contributed by atoms with E-state index in [1.807, 2.05) is 24.3 Å². The smallest absolute Gasteiger partial charge is 0.213 e. The molecule has 132 valence electrons. The molecule has 0 spiro atoms. The fraction of sp³-hybridized carbons (Fsp3) is 0.500. The molecule has 0 amide bonds. The summed E-state index contributed by atoms with van der Waals surface area (Å²) < 4.78 is 11.8. The normalized spacial score (nSPS) is 19.5. The molecule has 1 saturated heterocycles. The Labute approximate surface area is 150 Å². The quantitative estimate of drug-likeness (QED) is 0.524. The Kier molecular flexibility index (Phi) is 5.14. The van der Waals surface area contributed by atoms with Gasteiger partial charge in [-0.15, -0.1) is 10.2 Å². The zero-order valence-corrected chi connectivity index (χ0v) is 15.1. The summed E-state index contributed by atoms with van der Waals surface area (Å²) in [7, 11) is 0. The summed E-state index contributed by atoms with van der Waals surface area (Å²) >= 11 is 1.52. The van der Waals surface area contributed by atoms with Crippen LogP contribution in [0, 0.1) is 0 Å². The number of nitrogens with zero attached hydrogens (tertiary/aromatic N) is 3. The van der Waals surface area contributed by atoms with Gasteiger partial charge in [-0.3, -0.25) is 0 Å². The van der Waals surface area contributed by atoms with Gasteiger partial charge in [0.15, 0.2) is 11.9 Å². The van der Waals surface area contributed by atoms with Crippen LogP contribution in [0.5, 0.6) is 0 Å². The maximum Gasteiger partial charge on any atom is 0.213 e. The Morgan fingerprint density at radius 2 is 2.24 bits per heavy atom. The number of hydrogen-bond acceptors (Lipinski definition) is 6. The van der Waals surface area contributed by atoms with Crippen molar-refractivity contribution in [2.45, 2.75) is 55.9 Å². The highest BCUT2D eigenvalue weighted by atomic mass is 32.2. The number of aromatic amines is 1. The van der Waals surface area contributed by atoms with Gasteiger partial charge < -0.3 is 14.5 Å². The second kappa shape index (κ2) is 7.68. The van der Waals surface area contributed by atoms with Crippen molar-refractivity contribution in [3.8, 4) is 0 Å². The lowest BCUT2D eigenvalue weighted by molar-refractivity contribution is -0.170. The lowest BCUT2D eigenvalue weighted by Gasteiger charge is -2.26. The molecule has 1 aliphatic heterocycles. The predicted octanol–water partition coefficient (Wildman–Crippen LogP) is 4.27. The number of hydrogen-bond donors (Lipinski definition) is 1. The van der Waals surface area contributed by atoms with Crippen LogP contribution in [-0.4, -0.2) is 38.5 Å². The van der Waals surface area contributed by atoms with Crippen molar-refractivity contribution in [2.24, 2.45) is 0 Å². The third-order valence-electron chi connectivity index (χ3n) is 4.31. The Balaban J connectivity index is 1.53. The van der Waals surface area contributed by atoms with Gasteiger partial charge in [0.05, 0.1) is 0 Å². The van der Waals surface area contributed by atoms with Crippen LogP contribution in [-0.2, 0) is 9.47 Å². The topological polar surface area (TPSA) is 72.9 Å². The molecular formula is C18H22N4O2S. The molecular weight excluding hydrogens is 336 g/mol. The first-order valence-electron chi connectivity index (χ1n) is 8.88. The maximum atomic E-state index is 6.13. The highest BCUT2D eigenvalue weighted by Crippen LogP contribution is 2.29. The zero-order chi connectivity index (χ0) is 17.1.